The lowest BCUT2D eigenvalue weighted by atomic mass is 9.96. The van der Waals surface area contributed by atoms with Crippen LogP contribution in [-0.4, -0.2) is 193 Å². The molecule has 17 unspecified atom stereocenters. The van der Waals surface area contributed by atoms with E-state index in [0.29, 0.717) is 6.42 Å². The quantitative estimate of drug-likeness (QED) is 0.0199. The van der Waals surface area contributed by atoms with Gasteiger partial charge in [-0.1, -0.05) is 341 Å². The minimum atomic E-state index is -1.98. The van der Waals surface area contributed by atoms with Gasteiger partial charge in [0, 0.05) is 6.42 Å². The van der Waals surface area contributed by atoms with Gasteiger partial charge in [0.1, 0.15) is 73.2 Å². The van der Waals surface area contributed by atoms with Crippen LogP contribution in [0.1, 0.15) is 354 Å². The molecule has 3 fully saturated rings. The van der Waals surface area contributed by atoms with Crippen LogP contribution in [0.3, 0.4) is 0 Å². The molecule has 0 aromatic heterocycles. The fraction of sp³-hybridized carbons (Fsp3) is 0.962. The molecule has 0 saturated carbocycles. The molecule has 3 rings (SSSR count). The number of allylic oxidation sites excluding steroid dienone is 1. The number of unbranched alkanes of at least 4 members (excludes halogenated alkanes) is 50. The Labute approximate surface area is 595 Å². The number of carbonyl (C=O) groups excluding carboxylic acids is 1. The molecule has 19 nitrogen and oxygen atoms in total. The molecule has 0 aromatic carbocycles. The average molecular weight is 1400 g/mol. The lowest BCUT2D eigenvalue weighted by Gasteiger charge is -2.48. The second-order valence-corrected chi connectivity index (χ2v) is 29.6. The van der Waals surface area contributed by atoms with Crippen molar-refractivity contribution < 1.29 is 89.4 Å². The van der Waals surface area contributed by atoms with Crippen molar-refractivity contribution in [3.8, 4) is 0 Å². The summed E-state index contributed by atoms with van der Waals surface area (Å²) < 4.78 is 34.5. The molecule has 0 aromatic rings. The Morgan fingerprint density at radius 2 is 0.633 bits per heavy atom. The minimum absolute atomic E-state index is 0.250. The van der Waals surface area contributed by atoms with Crippen LogP contribution in [0.2, 0.25) is 0 Å². The fourth-order valence-corrected chi connectivity index (χ4v) is 14.3. The molecule has 3 aliphatic heterocycles. The highest BCUT2D eigenvalue weighted by Gasteiger charge is 2.54. The highest BCUT2D eigenvalue weighted by molar-refractivity contribution is 5.76. The van der Waals surface area contributed by atoms with Crippen LogP contribution in [0.4, 0.5) is 0 Å². The van der Waals surface area contributed by atoms with Crippen LogP contribution in [0.5, 0.6) is 0 Å². The molecule has 0 spiro atoms. The lowest BCUT2D eigenvalue weighted by Crippen LogP contribution is -2.66. The van der Waals surface area contributed by atoms with Gasteiger partial charge in [0.2, 0.25) is 5.91 Å². The zero-order chi connectivity index (χ0) is 71.1. The van der Waals surface area contributed by atoms with Crippen molar-refractivity contribution >= 4 is 5.91 Å². The van der Waals surface area contributed by atoms with Crippen molar-refractivity contribution in [2.24, 2.45) is 0 Å². The van der Waals surface area contributed by atoms with Gasteiger partial charge in [-0.2, -0.15) is 0 Å². The van der Waals surface area contributed by atoms with Crippen molar-refractivity contribution in [1.82, 2.24) is 5.32 Å². The van der Waals surface area contributed by atoms with E-state index in [4.69, 9.17) is 28.4 Å². The Morgan fingerprint density at radius 3 is 0.959 bits per heavy atom. The van der Waals surface area contributed by atoms with Crippen LogP contribution in [-0.2, 0) is 33.2 Å². The third-order valence-electron chi connectivity index (χ3n) is 20.8. The van der Waals surface area contributed by atoms with Gasteiger partial charge < -0.3 is 89.9 Å². The van der Waals surface area contributed by atoms with E-state index in [1.807, 2.05) is 6.08 Å². The summed E-state index contributed by atoms with van der Waals surface area (Å²) in [5, 5.41) is 121. The van der Waals surface area contributed by atoms with Crippen LogP contribution < -0.4 is 5.32 Å². The van der Waals surface area contributed by atoms with E-state index in [1.54, 1.807) is 6.08 Å². The number of hydrogen-bond donors (Lipinski definition) is 12. The van der Waals surface area contributed by atoms with E-state index in [9.17, 15) is 61.0 Å². The SMILES string of the molecule is CCCCCCCCCCCCCCCCCCCCC/C=C/C(O)C(COC1OC(CO)C(OC2OC(CO)C(OC3OC(CO)C(O)C(O)C3O)C(O)C2O)C(O)C1O)NC(=O)CCCCCCCCCCCCCCCCCCCCCCCCCCCCCCCCCC. The number of amides is 1. The molecule has 3 aliphatic rings. The van der Waals surface area contributed by atoms with Gasteiger partial charge in [-0.3, -0.25) is 4.79 Å². The summed E-state index contributed by atoms with van der Waals surface area (Å²) in [5.41, 5.74) is 0. The predicted octanol–water partition coefficient (Wildman–Crippen LogP) is 13.6. The molecule has 12 N–H and O–H groups in total. The number of aliphatic hydroxyl groups excluding tert-OH is 11. The summed E-state index contributed by atoms with van der Waals surface area (Å²) >= 11 is 0. The van der Waals surface area contributed by atoms with E-state index in [2.05, 4.69) is 19.2 Å². The van der Waals surface area contributed by atoms with E-state index in [-0.39, 0.29) is 18.9 Å². The van der Waals surface area contributed by atoms with E-state index in [1.165, 1.54) is 283 Å². The summed E-state index contributed by atoms with van der Waals surface area (Å²) in [5.74, 6) is -0.266. The summed E-state index contributed by atoms with van der Waals surface area (Å²) in [4.78, 5) is 13.5. The number of nitrogens with one attached hydrogen (secondary N) is 1. The minimum Gasteiger partial charge on any atom is -0.394 e. The van der Waals surface area contributed by atoms with Crippen molar-refractivity contribution in [2.45, 2.75) is 458 Å². The van der Waals surface area contributed by atoms with Gasteiger partial charge in [-0.25, -0.2) is 0 Å². The lowest BCUT2D eigenvalue weighted by molar-refractivity contribution is -0.379. The van der Waals surface area contributed by atoms with Gasteiger partial charge in [0.25, 0.3) is 0 Å². The number of carbonyl (C=O) groups is 1. The van der Waals surface area contributed by atoms with Crippen molar-refractivity contribution in [3.63, 3.8) is 0 Å². The molecule has 0 aliphatic carbocycles. The molecule has 1 amide bonds. The predicted molar refractivity (Wildman–Crippen MR) is 388 cm³/mol. The Kier molecular flexibility index (Phi) is 56.3. The maximum Gasteiger partial charge on any atom is 0.220 e. The number of rotatable bonds is 66. The molecule has 580 valence electrons. The number of hydrogen-bond acceptors (Lipinski definition) is 18. The highest BCUT2D eigenvalue weighted by Crippen LogP contribution is 2.33. The second-order valence-electron chi connectivity index (χ2n) is 29.6. The first-order valence-corrected chi connectivity index (χ1v) is 40.9. The largest absolute Gasteiger partial charge is 0.394 e. The fourth-order valence-electron chi connectivity index (χ4n) is 14.3. The van der Waals surface area contributed by atoms with Crippen molar-refractivity contribution in [1.29, 1.82) is 0 Å². The molecule has 0 radical (unpaired) electrons. The standard InChI is InChI=1S/C79H151NO18/c1-3-5-7-9-11-13-15-17-19-21-23-25-26-27-28-29-30-31-32-33-34-35-37-39-41-43-45-47-49-51-53-55-57-67(85)80-62(63(84)56-54-52-50-48-46-44-42-40-38-36-24-22-20-18-16-14-12-10-8-6-4-2)61-93-77-73(91)70(88)75(65(59-82)95-77)98-79-74(92)71(89)76(66(60-83)96-79)97-78-72(90)69(87)68(86)64(58-81)94-78/h54,56,62-66,68-79,81-84,86-92H,3-53,55,57-61H2,1-2H3,(H,80,85)/b56-54+. The molecule has 19 heteroatoms. The maximum absolute atomic E-state index is 13.5. The maximum atomic E-state index is 13.5. The highest BCUT2D eigenvalue weighted by atomic mass is 16.8. The van der Waals surface area contributed by atoms with Crippen LogP contribution in [0.15, 0.2) is 12.2 Å². The molecule has 98 heavy (non-hydrogen) atoms. The van der Waals surface area contributed by atoms with Gasteiger partial charge in [0.15, 0.2) is 18.9 Å². The zero-order valence-electron chi connectivity index (χ0n) is 62.1. The summed E-state index contributed by atoms with van der Waals surface area (Å²) in [7, 11) is 0. The molecule has 17 atom stereocenters. The third kappa shape index (κ3) is 40.7. The Morgan fingerprint density at radius 1 is 0.357 bits per heavy atom. The zero-order valence-corrected chi connectivity index (χ0v) is 62.1. The summed E-state index contributed by atoms with van der Waals surface area (Å²) in [6, 6.07) is -0.970. The monoisotopic (exact) mass is 1400 g/mol. The molecule has 3 saturated heterocycles. The molecular weight excluding hydrogens is 1250 g/mol. The van der Waals surface area contributed by atoms with Gasteiger partial charge in [-0.05, 0) is 19.3 Å². The number of aliphatic hydroxyl groups is 11. The van der Waals surface area contributed by atoms with Crippen molar-refractivity contribution in [2.75, 3.05) is 26.4 Å². The van der Waals surface area contributed by atoms with Crippen LogP contribution in [0, 0.1) is 0 Å². The Bertz CT molecular complexity index is 1820. The average Bonchev–Trinajstić information content (AvgIpc) is 0.784. The molecular formula is C79H151NO18. The second kappa shape index (κ2) is 60.8. The first kappa shape index (κ1) is 90.7. The normalized spacial score (nSPS) is 26.7. The first-order chi connectivity index (χ1) is 47.8. The van der Waals surface area contributed by atoms with E-state index >= 15 is 0 Å². The van der Waals surface area contributed by atoms with Gasteiger partial charge in [0.05, 0.1) is 38.6 Å². The van der Waals surface area contributed by atoms with Crippen LogP contribution >= 0.6 is 0 Å². The smallest absolute Gasteiger partial charge is 0.220 e. The summed E-state index contributed by atoms with van der Waals surface area (Å²) in [6.45, 7) is 1.80. The topological polar surface area (TPSA) is 307 Å². The van der Waals surface area contributed by atoms with Crippen LogP contribution in [0.25, 0.3) is 0 Å². The molecule has 3 heterocycles. The Hall–Kier alpha value is -1.47. The van der Waals surface area contributed by atoms with Gasteiger partial charge in [-0.15, -0.1) is 0 Å². The van der Waals surface area contributed by atoms with E-state index in [0.717, 1.165) is 44.9 Å². The first-order valence-electron chi connectivity index (χ1n) is 40.9. The van der Waals surface area contributed by atoms with Crippen molar-refractivity contribution in [3.05, 3.63) is 12.2 Å². The third-order valence-corrected chi connectivity index (χ3v) is 20.8. The Balaban J connectivity index is 1.35. The molecule has 0 bridgehead atoms. The number of ether oxygens (including phenoxy) is 6. The van der Waals surface area contributed by atoms with E-state index < -0.39 is 124 Å². The van der Waals surface area contributed by atoms with Gasteiger partial charge >= 0.3 is 0 Å². The summed E-state index contributed by atoms with van der Waals surface area (Å²) in [6.07, 6.45) is 44.9.